The zero-order valence-electron chi connectivity index (χ0n) is 15.4. The molecule has 5 nitrogen and oxygen atoms in total. The molecule has 2 heterocycles. The Morgan fingerprint density at radius 1 is 1.08 bits per heavy atom. The highest BCUT2D eigenvalue weighted by Gasteiger charge is 2.21. The van der Waals surface area contributed by atoms with Crippen molar-refractivity contribution in [2.45, 2.75) is 13.8 Å². The molecular formula is C20H25FN4O. The smallest absolute Gasteiger partial charge is 0.272 e. The maximum absolute atomic E-state index is 14.0. The fourth-order valence-electron chi connectivity index (χ4n) is 3.32. The van der Waals surface area contributed by atoms with Gasteiger partial charge in [0.25, 0.3) is 5.91 Å². The van der Waals surface area contributed by atoms with Gasteiger partial charge in [0.15, 0.2) is 0 Å². The Kier molecular flexibility index (Phi) is 5.71. The summed E-state index contributed by atoms with van der Waals surface area (Å²) in [6, 6.07) is 10.7. The molecule has 0 N–H and O–H groups in total. The van der Waals surface area contributed by atoms with E-state index in [0.717, 1.165) is 31.9 Å². The van der Waals surface area contributed by atoms with Crippen LogP contribution >= 0.6 is 0 Å². The minimum atomic E-state index is -0.183. The van der Waals surface area contributed by atoms with Crippen LogP contribution in [0.1, 0.15) is 24.3 Å². The SMILES string of the molecule is CCN(CC)C(=O)c1cc(N2CCN(c3ccccc3F)CC2)ccn1. The molecule has 0 unspecified atom stereocenters. The van der Waals surface area contributed by atoms with Crippen LogP contribution in [0.5, 0.6) is 0 Å². The zero-order chi connectivity index (χ0) is 18.5. The first-order chi connectivity index (χ1) is 12.6. The molecule has 1 amide bonds. The number of para-hydroxylation sites is 1. The number of anilines is 2. The molecular weight excluding hydrogens is 331 g/mol. The summed E-state index contributed by atoms with van der Waals surface area (Å²) in [5, 5.41) is 0. The first-order valence-corrected chi connectivity index (χ1v) is 9.13. The molecule has 1 fully saturated rings. The van der Waals surface area contributed by atoms with Gasteiger partial charge in [-0.2, -0.15) is 0 Å². The summed E-state index contributed by atoms with van der Waals surface area (Å²) in [5.74, 6) is -0.223. The number of rotatable bonds is 5. The maximum atomic E-state index is 14.0. The minimum Gasteiger partial charge on any atom is -0.368 e. The van der Waals surface area contributed by atoms with Crippen LogP contribution in [-0.4, -0.2) is 55.1 Å². The van der Waals surface area contributed by atoms with Crippen LogP contribution in [-0.2, 0) is 0 Å². The summed E-state index contributed by atoms with van der Waals surface area (Å²) in [6.07, 6.45) is 1.69. The van der Waals surface area contributed by atoms with Gasteiger partial charge >= 0.3 is 0 Å². The van der Waals surface area contributed by atoms with Crippen LogP contribution in [0, 0.1) is 5.82 Å². The maximum Gasteiger partial charge on any atom is 0.272 e. The number of piperazine rings is 1. The third kappa shape index (κ3) is 3.79. The summed E-state index contributed by atoms with van der Waals surface area (Å²) in [4.78, 5) is 22.8. The minimum absolute atomic E-state index is 0.0400. The molecule has 0 saturated carbocycles. The molecule has 1 aromatic carbocycles. The first kappa shape index (κ1) is 18.2. The number of hydrogen-bond acceptors (Lipinski definition) is 4. The van der Waals surface area contributed by atoms with E-state index in [1.54, 1.807) is 17.2 Å². The van der Waals surface area contributed by atoms with Crippen molar-refractivity contribution in [2.24, 2.45) is 0 Å². The van der Waals surface area contributed by atoms with Crippen molar-refractivity contribution < 1.29 is 9.18 Å². The predicted molar refractivity (Wildman–Crippen MR) is 102 cm³/mol. The Morgan fingerprint density at radius 2 is 1.73 bits per heavy atom. The van der Waals surface area contributed by atoms with Gasteiger partial charge in [0.05, 0.1) is 5.69 Å². The summed E-state index contributed by atoms with van der Waals surface area (Å²) < 4.78 is 14.0. The van der Waals surface area contributed by atoms with Crippen molar-refractivity contribution >= 4 is 17.3 Å². The van der Waals surface area contributed by atoms with E-state index in [2.05, 4.69) is 14.8 Å². The van der Waals surface area contributed by atoms with Gasteiger partial charge in [-0.3, -0.25) is 9.78 Å². The standard InChI is InChI=1S/C20H25FN4O/c1-3-23(4-2)20(26)18-15-16(9-10-22-18)24-11-13-25(14-12-24)19-8-6-5-7-17(19)21/h5-10,15H,3-4,11-14H2,1-2H3. The number of aromatic nitrogens is 1. The Morgan fingerprint density at radius 3 is 2.38 bits per heavy atom. The molecule has 1 aromatic heterocycles. The van der Waals surface area contributed by atoms with Crippen molar-refractivity contribution in [3.63, 3.8) is 0 Å². The lowest BCUT2D eigenvalue weighted by atomic mass is 10.2. The van der Waals surface area contributed by atoms with Gasteiger partial charge in [-0.15, -0.1) is 0 Å². The fourth-order valence-corrected chi connectivity index (χ4v) is 3.32. The van der Waals surface area contributed by atoms with Gasteiger partial charge in [0.1, 0.15) is 11.5 Å². The van der Waals surface area contributed by atoms with E-state index in [0.29, 0.717) is 24.5 Å². The van der Waals surface area contributed by atoms with E-state index in [4.69, 9.17) is 0 Å². The summed E-state index contributed by atoms with van der Waals surface area (Å²) in [6.45, 7) is 8.30. The van der Waals surface area contributed by atoms with Crippen LogP contribution < -0.4 is 9.80 Å². The molecule has 0 aliphatic carbocycles. The van der Waals surface area contributed by atoms with Gasteiger partial charge in [0.2, 0.25) is 0 Å². The second-order valence-corrected chi connectivity index (χ2v) is 6.30. The number of benzene rings is 1. The van der Waals surface area contributed by atoms with Crippen LogP contribution in [0.25, 0.3) is 0 Å². The summed E-state index contributed by atoms with van der Waals surface area (Å²) in [7, 11) is 0. The quantitative estimate of drug-likeness (QED) is 0.826. The molecule has 0 bridgehead atoms. The summed E-state index contributed by atoms with van der Waals surface area (Å²) in [5.41, 5.74) is 2.12. The topological polar surface area (TPSA) is 39.7 Å². The van der Waals surface area contributed by atoms with Crippen molar-refractivity contribution in [2.75, 3.05) is 49.1 Å². The molecule has 0 spiro atoms. The Hall–Kier alpha value is -2.63. The average molecular weight is 356 g/mol. The third-order valence-electron chi connectivity index (χ3n) is 4.85. The second-order valence-electron chi connectivity index (χ2n) is 6.30. The Bertz CT molecular complexity index is 755. The lowest BCUT2D eigenvalue weighted by molar-refractivity contribution is 0.0767. The van der Waals surface area contributed by atoms with Gasteiger partial charge in [0, 0.05) is 51.2 Å². The highest BCUT2D eigenvalue weighted by atomic mass is 19.1. The molecule has 2 aromatic rings. The van der Waals surface area contributed by atoms with Gasteiger partial charge in [-0.1, -0.05) is 12.1 Å². The lowest BCUT2D eigenvalue weighted by Crippen LogP contribution is -2.47. The van der Waals surface area contributed by atoms with E-state index < -0.39 is 0 Å². The van der Waals surface area contributed by atoms with Crippen molar-refractivity contribution in [1.82, 2.24) is 9.88 Å². The monoisotopic (exact) mass is 356 g/mol. The average Bonchev–Trinajstić information content (AvgIpc) is 2.69. The molecule has 1 saturated heterocycles. The van der Waals surface area contributed by atoms with E-state index in [9.17, 15) is 9.18 Å². The number of nitrogens with zero attached hydrogens (tertiary/aromatic N) is 4. The van der Waals surface area contributed by atoms with Gasteiger partial charge in [-0.05, 0) is 38.1 Å². The van der Waals surface area contributed by atoms with Gasteiger partial charge in [-0.25, -0.2) is 4.39 Å². The Labute approximate surface area is 154 Å². The molecule has 138 valence electrons. The number of hydrogen-bond donors (Lipinski definition) is 0. The highest BCUT2D eigenvalue weighted by Crippen LogP contribution is 2.23. The number of carbonyl (C=O) groups excluding carboxylic acids is 1. The van der Waals surface area contributed by atoms with Crippen LogP contribution in [0.15, 0.2) is 42.6 Å². The Balaban J connectivity index is 1.69. The third-order valence-corrected chi connectivity index (χ3v) is 4.85. The predicted octanol–water partition coefficient (Wildman–Crippen LogP) is 3.03. The first-order valence-electron chi connectivity index (χ1n) is 9.13. The second kappa shape index (κ2) is 8.17. The van der Waals surface area contributed by atoms with Crippen molar-refractivity contribution in [3.05, 3.63) is 54.1 Å². The van der Waals surface area contributed by atoms with Crippen LogP contribution in [0.2, 0.25) is 0 Å². The van der Waals surface area contributed by atoms with E-state index in [-0.39, 0.29) is 11.7 Å². The normalized spacial score (nSPS) is 14.4. The summed E-state index contributed by atoms with van der Waals surface area (Å²) >= 11 is 0. The van der Waals surface area contributed by atoms with Crippen molar-refractivity contribution in [3.8, 4) is 0 Å². The lowest BCUT2D eigenvalue weighted by Gasteiger charge is -2.37. The molecule has 0 atom stereocenters. The van der Waals surface area contributed by atoms with Gasteiger partial charge < -0.3 is 14.7 Å². The van der Waals surface area contributed by atoms with E-state index in [1.807, 2.05) is 38.1 Å². The molecule has 1 aliphatic rings. The molecule has 0 radical (unpaired) electrons. The van der Waals surface area contributed by atoms with Crippen LogP contribution in [0.4, 0.5) is 15.8 Å². The molecule has 1 aliphatic heterocycles. The van der Waals surface area contributed by atoms with E-state index >= 15 is 0 Å². The van der Waals surface area contributed by atoms with E-state index in [1.165, 1.54) is 6.07 Å². The van der Waals surface area contributed by atoms with Crippen LogP contribution in [0.3, 0.4) is 0 Å². The molecule has 6 heteroatoms. The highest BCUT2D eigenvalue weighted by molar-refractivity contribution is 5.93. The molecule has 3 rings (SSSR count). The number of pyridine rings is 1. The fraction of sp³-hybridized carbons (Fsp3) is 0.400. The largest absolute Gasteiger partial charge is 0.368 e. The number of amides is 1. The zero-order valence-corrected chi connectivity index (χ0v) is 15.4. The number of halogens is 1. The van der Waals surface area contributed by atoms with Crippen molar-refractivity contribution in [1.29, 1.82) is 0 Å². The molecule has 26 heavy (non-hydrogen) atoms. The number of carbonyl (C=O) groups is 1.